The molecule has 1 fully saturated rings. The Hall–Kier alpha value is -1.65. The topological polar surface area (TPSA) is 49.2 Å². The Balaban J connectivity index is 1.67. The Morgan fingerprint density at radius 1 is 1.24 bits per heavy atom. The smallest absolute Gasteiger partial charge is 0.137 e. The van der Waals surface area contributed by atoms with E-state index in [4.69, 9.17) is 11.6 Å². The highest BCUT2D eigenvalue weighted by atomic mass is 35.5. The third-order valence-electron chi connectivity index (χ3n) is 5.31. The molecule has 0 saturated carbocycles. The van der Waals surface area contributed by atoms with E-state index < -0.39 is 0 Å². The van der Waals surface area contributed by atoms with Gasteiger partial charge in [0, 0.05) is 24.1 Å². The summed E-state index contributed by atoms with van der Waals surface area (Å²) in [6.07, 6.45) is 6.81. The monoisotopic (exact) mass is 359 g/mol. The molecule has 1 aromatic heterocycles. The summed E-state index contributed by atoms with van der Waals surface area (Å²) in [5.41, 5.74) is 2.22. The zero-order valence-electron chi connectivity index (χ0n) is 14.8. The van der Waals surface area contributed by atoms with Crippen molar-refractivity contribution in [1.82, 2.24) is 9.97 Å². The van der Waals surface area contributed by atoms with Crippen molar-refractivity contribution in [1.29, 1.82) is 0 Å². The lowest BCUT2D eigenvalue weighted by atomic mass is 9.76. The minimum Gasteiger partial charge on any atom is -0.396 e. The Morgan fingerprint density at radius 2 is 2.04 bits per heavy atom. The van der Waals surface area contributed by atoms with Crippen LogP contribution in [0, 0.1) is 12.3 Å². The number of rotatable bonds is 6. The molecule has 0 radical (unpaired) electrons. The van der Waals surface area contributed by atoms with Gasteiger partial charge in [0.25, 0.3) is 0 Å². The SMILES string of the molecule is Cc1c(Cl)ncnc1N1CCCC(CO)(CCCc2ccccc2)C1. The standard InChI is InChI=1S/C20H26ClN3O/c1-16-18(21)22-15-23-19(16)24-12-6-11-20(13-24,14-25)10-5-9-17-7-3-2-4-8-17/h2-4,7-8,15,25H,5-6,9-14H2,1H3. The molecule has 1 saturated heterocycles. The third kappa shape index (κ3) is 4.31. The summed E-state index contributed by atoms with van der Waals surface area (Å²) in [6, 6.07) is 10.6. The van der Waals surface area contributed by atoms with Gasteiger partial charge in [-0.05, 0) is 44.6 Å². The highest BCUT2D eigenvalue weighted by molar-refractivity contribution is 6.30. The van der Waals surface area contributed by atoms with Crippen LogP contribution in [-0.4, -0.2) is 34.8 Å². The van der Waals surface area contributed by atoms with E-state index in [1.165, 1.54) is 11.9 Å². The van der Waals surface area contributed by atoms with Gasteiger partial charge in [0.1, 0.15) is 17.3 Å². The molecule has 2 heterocycles. The molecule has 1 N–H and O–H groups in total. The summed E-state index contributed by atoms with van der Waals surface area (Å²) in [7, 11) is 0. The van der Waals surface area contributed by atoms with E-state index in [0.717, 1.165) is 56.6 Å². The Morgan fingerprint density at radius 3 is 2.80 bits per heavy atom. The number of hydrogen-bond acceptors (Lipinski definition) is 4. The number of halogens is 1. The molecular weight excluding hydrogens is 334 g/mol. The number of aliphatic hydroxyl groups is 1. The first-order valence-electron chi connectivity index (χ1n) is 9.00. The summed E-state index contributed by atoms with van der Waals surface area (Å²) >= 11 is 6.16. The van der Waals surface area contributed by atoms with Crippen molar-refractivity contribution in [3.63, 3.8) is 0 Å². The summed E-state index contributed by atoms with van der Waals surface area (Å²) < 4.78 is 0. The van der Waals surface area contributed by atoms with Crippen LogP contribution in [0.1, 0.15) is 36.8 Å². The fourth-order valence-electron chi connectivity index (χ4n) is 3.85. The lowest BCUT2D eigenvalue weighted by molar-refractivity contribution is 0.0938. The van der Waals surface area contributed by atoms with Crippen molar-refractivity contribution in [3.05, 3.63) is 52.9 Å². The largest absolute Gasteiger partial charge is 0.396 e. The van der Waals surface area contributed by atoms with Crippen LogP contribution in [0.15, 0.2) is 36.7 Å². The highest BCUT2D eigenvalue weighted by Crippen LogP contribution is 2.37. The third-order valence-corrected chi connectivity index (χ3v) is 5.69. The number of hydrogen-bond donors (Lipinski definition) is 1. The summed E-state index contributed by atoms with van der Waals surface area (Å²) in [4.78, 5) is 10.8. The molecule has 5 heteroatoms. The molecule has 25 heavy (non-hydrogen) atoms. The van der Waals surface area contributed by atoms with Gasteiger partial charge in [0.2, 0.25) is 0 Å². The number of piperidine rings is 1. The maximum absolute atomic E-state index is 10.1. The molecule has 0 bridgehead atoms. The van der Waals surface area contributed by atoms with Gasteiger partial charge in [-0.1, -0.05) is 41.9 Å². The fraction of sp³-hybridized carbons (Fsp3) is 0.500. The van der Waals surface area contributed by atoms with Crippen molar-refractivity contribution in [3.8, 4) is 0 Å². The molecule has 1 aliphatic rings. The van der Waals surface area contributed by atoms with Gasteiger partial charge in [-0.25, -0.2) is 9.97 Å². The van der Waals surface area contributed by atoms with Gasteiger partial charge >= 0.3 is 0 Å². The first-order valence-corrected chi connectivity index (χ1v) is 9.38. The number of nitrogens with zero attached hydrogens (tertiary/aromatic N) is 3. The molecule has 1 aliphatic heterocycles. The van der Waals surface area contributed by atoms with Crippen LogP contribution in [0.2, 0.25) is 5.15 Å². The van der Waals surface area contributed by atoms with Gasteiger partial charge in [-0.2, -0.15) is 0 Å². The maximum Gasteiger partial charge on any atom is 0.137 e. The molecule has 2 aromatic rings. The molecule has 0 amide bonds. The van der Waals surface area contributed by atoms with E-state index in [1.807, 2.05) is 13.0 Å². The number of benzene rings is 1. The molecule has 4 nitrogen and oxygen atoms in total. The summed E-state index contributed by atoms with van der Waals surface area (Å²) in [5.74, 6) is 0.903. The molecule has 1 aromatic carbocycles. The fourth-order valence-corrected chi connectivity index (χ4v) is 3.98. The Labute approximate surface area is 154 Å². The van der Waals surface area contributed by atoms with Gasteiger partial charge in [0.05, 0.1) is 6.61 Å². The second-order valence-corrected chi connectivity index (χ2v) is 7.49. The van der Waals surface area contributed by atoms with Crippen LogP contribution in [0.3, 0.4) is 0 Å². The van der Waals surface area contributed by atoms with Gasteiger partial charge in [-0.3, -0.25) is 0 Å². The number of anilines is 1. The Bertz CT molecular complexity index is 695. The summed E-state index contributed by atoms with van der Waals surface area (Å²) in [6.45, 7) is 3.96. The predicted octanol–water partition coefficient (Wildman–Crippen LogP) is 4.04. The van der Waals surface area contributed by atoms with Gasteiger partial charge < -0.3 is 10.0 Å². The average molecular weight is 360 g/mol. The van der Waals surface area contributed by atoms with Crippen molar-refractivity contribution in [2.75, 3.05) is 24.6 Å². The van der Waals surface area contributed by atoms with Gasteiger partial charge in [0.15, 0.2) is 0 Å². The van der Waals surface area contributed by atoms with Gasteiger partial charge in [-0.15, -0.1) is 0 Å². The van der Waals surface area contributed by atoms with E-state index in [9.17, 15) is 5.11 Å². The lowest BCUT2D eigenvalue weighted by Crippen LogP contribution is -2.46. The van der Waals surface area contributed by atoms with Crippen molar-refractivity contribution < 1.29 is 5.11 Å². The minimum absolute atomic E-state index is 0.0586. The molecule has 3 rings (SSSR count). The van der Waals surface area contributed by atoms with Crippen molar-refractivity contribution in [2.45, 2.75) is 39.0 Å². The van der Waals surface area contributed by atoms with Crippen LogP contribution in [0.4, 0.5) is 5.82 Å². The van der Waals surface area contributed by atoms with Crippen LogP contribution in [0.5, 0.6) is 0 Å². The second kappa shape index (κ2) is 8.15. The average Bonchev–Trinajstić information content (AvgIpc) is 2.65. The molecule has 1 atom stereocenters. The highest BCUT2D eigenvalue weighted by Gasteiger charge is 2.35. The minimum atomic E-state index is -0.0586. The Kier molecular flexibility index (Phi) is 5.92. The first-order chi connectivity index (χ1) is 12.1. The quantitative estimate of drug-likeness (QED) is 0.791. The summed E-state index contributed by atoms with van der Waals surface area (Å²) in [5, 5.41) is 10.7. The van der Waals surface area contributed by atoms with E-state index in [0.29, 0.717) is 5.15 Å². The van der Waals surface area contributed by atoms with Crippen LogP contribution < -0.4 is 4.90 Å². The zero-order chi connectivity index (χ0) is 17.7. The van der Waals surface area contributed by atoms with E-state index in [1.54, 1.807) is 0 Å². The molecular formula is C20H26ClN3O. The van der Waals surface area contributed by atoms with Crippen LogP contribution in [-0.2, 0) is 6.42 Å². The number of aliphatic hydroxyl groups excluding tert-OH is 1. The van der Waals surface area contributed by atoms with E-state index in [-0.39, 0.29) is 12.0 Å². The lowest BCUT2D eigenvalue weighted by Gasteiger charge is -2.43. The molecule has 1 unspecified atom stereocenters. The number of aryl methyl sites for hydroxylation is 1. The second-order valence-electron chi connectivity index (χ2n) is 7.14. The van der Waals surface area contributed by atoms with Crippen LogP contribution >= 0.6 is 11.6 Å². The number of aromatic nitrogens is 2. The normalized spacial score (nSPS) is 20.7. The molecule has 0 aliphatic carbocycles. The predicted molar refractivity (Wildman–Crippen MR) is 102 cm³/mol. The first kappa shape index (κ1) is 18.2. The molecule has 0 spiro atoms. The van der Waals surface area contributed by atoms with E-state index in [2.05, 4.69) is 39.1 Å². The zero-order valence-corrected chi connectivity index (χ0v) is 15.5. The van der Waals surface area contributed by atoms with Crippen molar-refractivity contribution >= 4 is 17.4 Å². The van der Waals surface area contributed by atoms with Crippen LogP contribution in [0.25, 0.3) is 0 Å². The maximum atomic E-state index is 10.1. The van der Waals surface area contributed by atoms with E-state index >= 15 is 0 Å². The van der Waals surface area contributed by atoms with Crippen molar-refractivity contribution in [2.24, 2.45) is 5.41 Å². The molecule has 134 valence electrons.